The number of fused-ring (bicyclic) bond motifs is 1. The van der Waals surface area contributed by atoms with Crippen molar-refractivity contribution in [1.82, 2.24) is 19.4 Å². The van der Waals surface area contributed by atoms with Crippen LogP contribution in [0.3, 0.4) is 0 Å². The maximum absolute atomic E-state index is 13.0. The van der Waals surface area contributed by atoms with Crippen LogP contribution >= 0.6 is 0 Å². The molecule has 1 aliphatic rings. The van der Waals surface area contributed by atoms with Gasteiger partial charge in [0, 0.05) is 44.3 Å². The van der Waals surface area contributed by atoms with Crippen molar-refractivity contribution in [1.29, 1.82) is 0 Å². The van der Waals surface area contributed by atoms with Crippen molar-refractivity contribution in [3.63, 3.8) is 0 Å². The van der Waals surface area contributed by atoms with Gasteiger partial charge in [-0.15, -0.1) is 0 Å². The summed E-state index contributed by atoms with van der Waals surface area (Å²) in [7, 11) is 0. The molecule has 0 aliphatic carbocycles. The number of piperazine rings is 1. The second kappa shape index (κ2) is 7.30. The third kappa shape index (κ3) is 3.06. The second-order valence-electron chi connectivity index (χ2n) is 6.59. The summed E-state index contributed by atoms with van der Waals surface area (Å²) in [5, 5.41) is 0.749. The number of carbonyl (C=O) groups is 2. The summed E-state index contributed by atoms with van der Waals surface area (Å²) < 4.78 is 6.67. The lowest BCUT2D eigenvalue weighted by molar-refractivity contribution is 0.0517. The van der Waals surface area contributed by atoms with Gasteiger partial charge < -0.3 is 14.2 Å². The van der Waals surface area contributed by atoms with Crippen molar-refractivity contribution in [2.45, 2.75) is 13.5 Å². The summed E-state index contributed by atoms with van der Waals surface area (Å²) in [6.07, 6.45) is 3.09. The monoisotopic (exact) mass is 380 g/mol. The molecule has 1 saturated heterocycles. The molecule has 0 N–H and O–H groups in total. The van der Waals surface area contributed by atoms with Crippen LogP contribution in [-0.4, -0.2) is 57.3 Å². The highest BCUT2D eigenvalue weighted by molar-refractivity contribution is 5.97. The van der Waals surface area contributed by atoms with Crippen LogP contribution in [0.25, 0.3) is 11.0 Å². The van der Waals surface area contributed by atoms with E-state index in [1.165, 1.54) is 10.8 Å². The Morgan fingerprint density at radius 3 is 2.43 bits per heavy atom. The Hall–Kier alpha value is -3.42. The highest BCUT2D eigenvalue weighted by atomic mass is 16.3. The summed E-state index contributed by atoms with van der Waals surface area (Å²) >= 11 is 0. The van der Waals surface area contributed by atoms with Crippen LogP contribution in [0.4, 0.5) is 0 Å². The van der Waals surface area contributed by atoms with Crippen LogP contribution in [-0.2, 0) is 6.54 Å². The molecule has 0 unspecified atom stereocenters. The molecule has 144 valence electrons. The van der Waals surface area contributed by atoms with E-state index in [-0.39, 0.29) is 28.7 Å². The fourth-order valence-electron chi connectivity index (χ4n) is 3.49. The average Bonchev–Trinajstić information content (AvgIpc) is 3.27. The van der Waals surface area contributed by atoms with Crippen LogP contribution in [0.1, 0.15) is 27.8 Å². The Morgan fingerprint density at radius 2 is 1.79 bits per heavy atom. The van der Waals surface area contributed by atoms with Crippen molar-refractivity contribution in [2.24, 2.45) is 0 Å². The molecule has 4 rings (SSSR count). The fourth-order valence-corrected chi connectivity index (χ4v) is 3.49. The Bertz CT molecular complexity index is 1080. The standard InChI is InChI=1S/C20H20N4O4/c1-2-24-17-14(5-3-7-21-17)13-15(19(24)26)18(25)22-8-10-23(11-9-22)20(27)16-6-4-12-28-16/h3-7,12-13H,2,8-11H2,1H3. The van der Waals surface area contributed by atoms with E-state index in [0.29, 0.717) is 38.4 Å². The Morgan fingerprint density at radius 1 is 1.07 bits per heavy atom. The molecule has 0 spiro atoms. The third-order valence-electron chi connectivity index (χ3n) is 4.98. The zero-order valence-corrected chi connectivity index (χ0v) is 15.5. The number of aromatic nitrogens is 2. The summed E-state index contributed by atoms with van der Waals surface area (Å²) in [6, 6.07) is 8.51. The maximum Gasteiger partial charge on any atom is 0.289 e. The first-order valence-electron chi connectivity index (χ1n) is 9.20. The zero-order valence-electron chi connectivity index (χ0n) is 15.5. The van der Waals surface area contributed by atoms with Gasteiger partial charge in [0.05, 0.1) is 6.26 Å². The van der Waals surface area contributed by atoms with E-state index in [9.17, 15) is 14.4 Å². The lowest BCUT2D eigenvalue weighted by atomic mass is 10.1. The smallest absolute Gasteiger partial charge is 0.289 e. The van der Waals surface area contributed by atoms with E-state index in [2.05, 4.69) is 4.98 Å². The fraction of sp³-hybridized carbons (Fsp3) is 0.300. The second-order valence-corrected chi connectivity index (χ2v) is 6.59. The van der Waals surface area contributed by atoms with Gasteiger partial charge in [0.25, 0.3) is 17.4 Å². The Balaban J connectivity index is 1.55. The van der Waals surface area contributed by atoms with Gasteiger partial charge in [-0.05, 0) is 37.3 Å². The Labute approximate surface area is 161 Å². The van der Waals surface area contributed by atoms with Crippen molar-refractivity contribution in [3.8, 4) is 0 Å². The minimum absolute atomic E-state index is 0.133. The van der Waals surface area contributed by atoms with Crippen molar-refractivity contribution < 1.29 is 14.0 Å². The molecule has 8 nitrogen and oxygen atoms in total. The number of nitrogens with zero attached hydrogens (tertiary/aromatic N) is 4. The molecule has 2 amide bonds. The van der Waals surface area contributed by atoms with Gasteiger partial charge >= 0.3 is 0 Å². The molecular formula is C20H20N4O4. The average molecular weight is 380 g/mol. The van der Waals surface area contributed by atoms with Crippen LogP contribution in [0.5, 0.6) is 0 Å². The largest absolute Gasteiger partial charge is 0.459 e. The third-order valence-corrected chi connectivity index (χ3v) is 4.98. The normalized spacial score (nSPS) is 14.5. The molecule has 0 saturated carbocycles. The number of hydrogen-bond acceptors (Lipinski definition) is 5. The van der Waals surface area contributed by atoms with Gasteiger partial charge in [-0.2, -0.15) is 0 Å². The molecule has 8 heteroatoms. The van der Waals surface area contributed by atoms with Crippen molar-refractivity contribution in [3.05, 3.63) is 64.5 Å². The number of amides is 2. The lowest BCUT2D eigenvalue weighted by Crippen LogP contribution is -2.51. The number of carbonyl (C=O) groups excluding carboxylic acids is 2. The van der Waals surface area contributed by atoms with Gasteiger partial charge in [0.2, 0.25) is 0 Å². The van der Waals surface area contributed by atoms with E-state index in [1.807, 2.05) is 13.0 Å². The van der Waals surface area contributed by atoms with Gasteiger partial charge in [0.1, 0.15) is 11.2 Å². The molecule has 0 aromatic carbocycles. The van der Waals surface area contributed by atoms with E-state index >= 15 is 0 Å². The first kappa shape index (κ1) is 18.0. The molecule has 3 aromatic heterocycles. The van der Waals surface area contributed by atoms with Crippen molar-refractivity contribution >= 4 is 22.8 Å². The highest BCUT2D eigenvalue weighted by Crippen LogP contribution is 2.14. The first-order chi connectivity index (χ1) is 13.6. The van der Waals surface area contributed by atoms with Crippen LogP contribution in [0, 0.1) is 0 Å². The van der Waals surface area contributed by atoms with E-state index < -0.39 is 0 Å². The molecular weight excluding hydrogens is 360 g/mol. The van der Waals surface area contributed by atoms with E-state index in [4.69, 9.17) is 4.42 Å². The molecule has 1 fully saturated rings. The maximum atomic E-state index is 13.0. The molecule has 4 heterocycles. The molecule has 1 aliphatic heterocycles. The topological polar surface area (TPSA) is 88.7 Å². The molecule has 0 radical (unpaired) electrons. The number of hydrogen-bond donors (Lipinski definition) is 0. The molecule has 0 atom stereocenters. The zero-order chi connectivity index (χ0) is 19.7. The van der Waals surface area contributed by atoms with E-state index in [0.717, 1.165) is 5.39 Å². The van der Waals surface area contributed by atoms with Crippen LogP contribution < -0.4 is 5.56 Å². The lowest BCUT2D eigenvalue weighted by Gasteiger charge is -2.34. The summed E-state index contributed by atoms with van der Waals surface area (Å²) in [4.78, 5) is 45.7. The summed E-state index contributed by atoms with van der Waals surface area (Å²) in [5.41, 5.74) is 0.362. The van der Waals surface area contributed by atoms with Crippen LogP contribution in [0.2, 0.25) is 0 Å². The van der Waals surface area contributed by atoms with Crippen LogP contribution in [0.15, 0.2) is 52.0 Å². The predicted molar refractivity (Wildman–Crippen MR) is 102 cm³/mol. The molecule has 28 heavy (non-hydrogen) atoms. The van der Waals surface area contributed by atoms with Gasteiger partial charge in [-0.3, -0.25) is 19.0 Å². The number of rotatable bonds is 3. The van der Waals surface area contributed by atoms with Crippen molar-refractivity contribution in [2.75, 3.05) is 26.2 Å². The predicted octanol–water partition coefficient (Wildman–Crippen LogP) is 1.61. The minimum Gasteiger partial charge on any atom is -0.459 e. The van der Waals surface area contributed by atoms with Gasteiger partial charge in [0.15, 0.2) is 5.76 Å². The first-order valence-corrected chi connectivity index (χ1v) is 9.20. The van der Waals surface area contributed by atoms with E-state index in [1.54, 1.807) is 40.3 Å². The summed E-state index contributed by atoms with van der Waals surface area (Å²) in [6.45, 7) is 3.79. The number of furan rings is 1. The number of aryl methyl sites for hydroxylation is 1. The summed E-state index contributed by atoms with van der Waals surface area (Å²) in [5.74, 6) is -0.224. The quantitative estimate of drug-likeness (QED) is 0.689. The minimum atomic E-state index is -0.340. The van der Waals surface area contributed by atoms with Gasteiger partial charge in [-0.1, -0.05) is 0 Å². The molecule has 3 aromatic rings. The molecule has 0 bridgehead atoms. The SMILES string of the molecule is CCn1c(=O)c(C(=O)N2CCN(C(=O)c3ccco3)CC2)cc2cccnc21. The highest BCUT2D eigenvalue weighted by Gasteiger charge is 2.28. The Kier molecular flexibility index (Phi) is 4.68. The number of pyridine rings is 2. The van der Waals surface area contributed by atoms with Gasteiger partial charge in [-0.25, -0.2) is 4.98 Å².